The molecular weight excluding hydrogens is 119 g/mol. The van der Waals surface area contributed by atoms with E-state index in [0.717, 1.165) is 6.42 Å². The smallest absolute Gasteiger partial charge is 0.128 e. The Kier molecular flexibility index (Phi) is 2.06. The summed E-state index contributed by atoms with van der Waals surface area (Å²) in [5.74, 6) is 0. The van der Waals surface area contributed by atoms with Crippen LogP contribution in [0.4, 0.5) is 4.39 Å². The monoisotopic (exact) mass is 132 g/mol. The molecule has 9 heavy (non-hydrogen) atoms. The maximum absolute atomic E-state index is 12.6. The standard InChI is InChI=1S/C7H13FO/c1-3-6-4-7(8)5(2)9-6/h5-7H,3-4H2,1-2H3/t5-,6+,7?/m0/s1. The third kappa shape index (κ3) is 1.42. The van der Waals surface area contributed by atoms with E-state index >= 15 is 0 Å². The minimum atomic E-state index is -0.727. The van der Waals surface area contributed by atoms with E-state index in [0.29, 0.717) is 6.42 Å². The van der Waals surface area contributed by atoms with E-state index in [1.165, 1.54) is 0 Å². The van der Waals surface area contributed by atoms with Crippen molar-refractivity contribution in [1.29, 1.82) is 0 Å². The van der Waals surface area contributed by atoms with Gasteiger partial charge in [-0.1, -0.05) is 6.92 Å². The zero-order valence-electron chi connectivity index (χ0n) is 5.93. The first kappa shape index (κ1) is 7.00. The fraction of sp³-hybridized carbons (Fsp3) is 1.00. The number of ether oxygens (including phenoxy) is 1. The van der Waals surface area contributed by atoms with E-state index in [4.69, 9.17) is 4.74 Å². The molecule has 1 fully saturated rings. The van der Waals surface area contributed by atoms with Crippen molar-refractivity contribution in [3.63, 3.8) is 0 Å². The van der Waals surface area contributed by atoms with E-state index < -0.39 is 6.17 Å². The molecule has 1 aliphatic heterocycles. The number of hydrogen-bond acceptors (Lipinski definition) is 1. The first-order valence-corrected chi connectivity index (χ1v) is 3.53. The van der Waals surface area contributed by atoms with Gasteiger partial charge in [0.15, 0.2) is 0 Å². The van der Waals surface area contributed by atoms with Gasteiger partial charge < -0.3 is 4.74 Å². The predicted octanol–water partition coefficient (Wildman–Crippen LogP) is 1.91. The van der Waals surface area contributed by atoms with Gasteiger partial charge in [0.25, 0.3) is 0 Å². The molecule has 1 rings (SSSR count). The van der Waals surface area contributed by atoms with Crippen molar-refractivity contribution in [2.45, 2.75) is 45.1 Å². The summed E-state index contributed by atoms with van der Waals surface area (Å²) >= 11 is 0. The summed E-state index contributed by atoms with van der Waals surface area (Å²) in [7, 11) is 0. The summed E-state index contributed by atoms with van der Waals surface area (Å²) < 4.78 is 17.9. The fourth-order valence-corrected chi connectivity index (χ4v) is 1.15. The maximum Gasteiger partial charge on any atom is 0.128 e. The molecule has 0 spiro atoms. The third-order valence-corrected chi connectivity index (χ3v) is 1.86. The second-order valence-corrected chi connectivity index (χ2v) is 2.62. The van der Waals surface area contributed by atoms with Crippen LogP contribution in [-0.2, 0) is 4.74 Å². The van der Waals surface area contributed by atoms with Crippen molar-refractivity contribution < 1.29 is 9.13 Å². The summed E-state index contributed by atoms with van der Waals surface area (Å²) in [6, 6.07) is 0. The van der Waals surface area contributed by atoms with Crippen LogP contribution in [0.2, 0.25) is 0 Å². The van der Waals surface area contributed by atoms with Crippen molar-refractivity contribution in [3.05, 3.63) is 0 Å². The first-order valence-electron chi connectivity index (χ1n) is 3.53. The highest BCUT2D eigenvalue weighted by Crippen LogP contribution is 2.24. The number of halogens is 1. The zero-order chi connectivity index (χ0) is 6.85. The molecule has 1 saturated heterocycles. The minimum absolute atomic E-state index is 0.171. The summed E-state index contributed by atoms with van der Waals surface area (Å²) in [4.78, 5) is 0. The Labute approximate surface area is 55.2 Å². The Morgan fingerprint density at radius 2 is 2.33 bits per heavy atom. The van der Waals surface area contributed by atoms with Crippen LogP contribution < -0.4 is 0 Å². The summed E-state index contributed by atoms with van der Waals surface area (Å²) in [6.45, 7) is 3.82. The SMILES string of the molecule is CC[C@@H]1CC(F)[C@H](C)O1. The highest BCUT2D eigenvalue weighted by atomic mass is 19.1. The minimum Gasteiger partial charge on any atom is -0.372 e. The molecule has 1 unspecified atom stereocenters. The van der Waals surface area contributed by atoms with E-state index in [9.17, 15) is 4.39 Å². The van der Waals surface area contributed by atoms with Crippen molar-refractivity contribution in [3.8, 4) is 0 Å². The van der Waals surface area contributed by atoms with Crippen molar-refractivity contribution in [1.82, 2.24) is 0 Å². The van der Waals surface area contributed by atoms with Gasteiger partial charge in [0.05, 0.1) is 12.2 Å². The van der Waals surface area contributed by atoms with E-state index in [1.807, 2.05) is 6.92 Å². The van der Waals surface area contributed by atoms with Gasteiger partial charge in [-0.2, -0.15) is 0 Å². The summed E-state index contributed by atoms with van der Waals surface area (Å²) in [5.41, 5.74) is 0. The van der Waals surface area contributed by atoms with Crippen LogP contribution in [0.15, 0.2) is 0 Å². The molecule has 0 bridgehead atoms. The summed E-state index contributed by atoms with van der Waals surface area (Å²) in [6.07, 6.45) is 0.808. The van der Waals surface area contributed by atoms with Gasteiger partial charge in [-0.15, -0.1) is 0 Å². The van der Waals surface area contributed by atoms with Crippen molar-refractivity contribution in [2.24, 2.45) is 0 Å². The third-order valence-electron chi connectivity index (χ3n) is 1.86. The molecule has 1 heterocycles. The Balaban J connectivity index is 2.35. The quantitative estimate of drug-likeness (QED) is 0.529. The molecule has 0 aromatic heterocycles. The molecule has 0 aromatic carbocycles. The topological polar surface area (TPSA) is 9.23 Å². The lowest BCUT2D eigenvalue weighted by atomic mass is 10.1. The lowest BCUT2D eigenvalue weighted by Gasteiger charge is -2.05. The van der Waals surface area contributed by atoms with Crippen LogP contribution >= 0.6 is 0 Å². The van der Waals surface area contributed by atoms with Crippen LogP contribution in [0, 0.1) is 0 Å². The lowest BCUT2D eigenvalue weighted by Crippen LogP contribution is -2.10. The average molecular weight is 132 g/mol. The summed E-state index contributed by atoms with van der Waals surface area (Å²) in [5, 5.41) is 0. The van der Waals surface area contributed by atoms with Crippen molar-refractivity contribution in [2.75, 3.05) is 0 Å². The Morgan fingerprint density at radius 3 is 2.56 bits per heavy atom. The van der Waals surface area contributed by atoms with Crippen LogP contribution in [0.25, 0.3) is 0 Å². The second-order valence-electron chi connectivity index (χ2n) is 2.62. The Bertz CT molecular complexity index is 84.9. The molecular formula is C7H13FO. The molecule has 1 nitrogen and oxygen atoms in total. The Hall–Kier alpha value is -0.110. The first-order chi connectivity index (χ1) is 4.24. The number of hydrogen-bond donors (Lipinski definition) is 0. The van der Waals surface area contributed by atoms with Crippen LogP contribution in [-0.4, -0.2) is 18.4 Å². The normalized spacial score (nSPS) is 43.7. The molecule has 0 aromatic rings. The van der Waals surface area contributed by atoms with Gasteiger partial charge in [-0.05, 0) is 13.3 Å². The van der Waals surface area contributed by atoms with Gasteiger partial charge in [-0.3, -0.25) is 0 Å². The molecule has 3 atom stereocenters. The zero-order valence-corrected chi connectivity index (χ0v) is 5.93. The fourth-order valence-electron chi connectivity index (χ4n) is 1.15. The molecule has 0 saturated carbocycles. The van der Waals surface area contributed by atoms with Gasteiger partial charge in [0, 0.05) is 6.42 Å². The van der Waals surface area contributed by atoms with E-state index in [2.05, 4.69) is 0 Å². The molecule has 2 heteroatoms. The van der Waals surface area contributed by atoms with Gasteiger partial charge >= 0.3 is 0 Å². The molecule has 0 amide bonds. The van der Waals surface area contributed by atoms with Crippen LogP contribution in [0.1, 0.15) is 26.7 Å². The molecule has 0 radical (unpaired) electrons. The van der Waals surface area contributed by atoms with Crippen LogP contribution in [0.3, 0.4) is 0 Å². The van der Waals surface area contributed by atoms with Crippen LogP contribution in [0.5, 0.6) is 0 Å². The van der Waals surface area contributed by atoms with Crippen molar-refractivity contribution >= 4 is 0 Å². The molecule has 54 valence electrons. The highest BCUT2D eigenvalue weighted by Gasteiger charge is 2.30. The molecule has 0 aliphatic carbocycles. The van der Waals surface area contributed by atoms with E-state index in [1.54, 1.807) is 6.92 Å². The predicted molar refractivity (Wildman–Crippen MR) is 34.1 cm³/mol. The number of alkyl halides is 1. The van der Waals surface area contributed by atoms with Gasteiger partial charge in [0.2, 0.25) is 0 Å². The average Bonchev–Trinajstić information content (AvgIpc) is 2.13. The number of rotatable bonds is 1. The van der Waals surface area contributed by atoms with Gasteiger partial charge in [0.1, 0.15) is 6.17 Å². The van der Waals surface area contributed by atoms with E-state index in [-0.39, 0.29) is 12.2 Å². The largest absolute Gasteiger partial charge is 0.372 e. The maximum atomic E-state index is 12.6. The lowest BCUT2D eigenvalue weighted by molar-refractivity contribution is 0.0389. The Morgan fingerprint density at radius 1 is 1.67 bits per heavy atom. The van der Waals surface area contributed by atoms with Gasteiger partial charge in [-0.25, -0.2) is 4.39 Å². The molecule has 1 aliphatic rings. The molecule has 0 N–H and O–H groups in total. The second kappa shape index (κ2) is 2.65. The highest BCUT2D eigenvalue weighted by molar-refractivity contribution is 4.78.